The minimum Gasteiger partial charge on any atom is -0.370 e. The van der Waals surface area contributed by atoms with Crippen molar-refractivity contribution < 1.29 is 14.4 Å². The van der Waals surface area contributed by atoms with E-state index in [9.17, 15) is 4.79 Å². The lowest BCUT2D eigenvalue weighted by Crippen LogP contribution is -3.15. The Labute approximate surface area is 123 Å². The molecule has 0 spiro atoms. The summed E-state index contributed by atoms with van der Waals surface area (Å²) in [5.41, 5.74) is 0.794. The van der Waals surface area contributed by atoms with Crippen LogP contribution in [0.3, 0.4) is 0 Å². The standard InChI is InChI=1S/C12H14Br2N2O2/c13-9-1-2-10(14)11(7-9)15-12(17)8-16-3-5-18-6-4-16/h1-2,7H,3-6,8H2,(H,15,17)/p+1. The lowest BCUT2D eigenvalue weighted by atomic mass is 10.3. The zero-order valence-corrected chi connectivity index (χ0v) is 13.0. The van der Waals surface area contributed by atoms with E-state index in [-0.39, 0.29) is 5.91 Å². The Bertz CT molecular complexity index is 434. The van der Waals surface area contributed by atoms with E-state index in [1.807, 2.05) is 18.2 Å². The van der Waals surface area contributed by atoms with E-state index in [0.717, 1.165) is 40.9 Å². The van der Waals surface area contributed by atoms with Crippen molar-refractivity contribution in [3.05, 3.63) is 27.1 Å². The summed E-state index contributed by atoms with van der Waals surface area (Å²) in [6.45, 7) is 3.76. The monoisotopic (exact) mass is 377 g/mol. The smallest absolute Gasteiger partial charge is 0.279 e. The number of amides is 1. The summed E-state index contributed by atoms with van der Waals surface area (Å²) in [6, 6.07) is 5.71. The van der Waals surface area contributed by atoms with Crippen molar-refractivity contribution in [2.45, 2.75) is 0 Å². The zero-order chi connectivity index (χ0) is 13.0. The van der Waals surface area contributed by atoms with E-state index in [4.69, 9.17) is 4.74 Å². The Hall–Kier alpha value is -0.430. The van der Waals surface area contributed by atoms with Gasteiger partial charge in [-0.2, -0.15) is 0 Å². The molecule has 1 aromatic carbocycles. The number of morpholine rings is 1. The van der Waals surface area contributed by atoms with Crippen LogP contribution in [0.5, 0.6) is 0 Å². The Morgan fingerprint density at radius 1 is 1.33 bits per heavy atom. The lowest BCUT2D eigenvalue weighted by Gasteiger charge is -2.23. The Morgan fingerprint density at radius 3 is 2.78 bits per heavy atom. The maximum Gasteiger partial charge on any atom is 0.279 e. The van der Waals surface area contributed by atoms with Crippen LogP contribution in [0.2, 0.25) is 0 Å². The molecule has 0 radical (unpaired) electrons. The molecule has 0 saturated carbocycles. The number of carbonyl (C=O) groups excluding carboxylic acids is 1. The van der Waals surface area contributed by atoms with Gasteiger partial charge in [-0.25, -0.2) is 0 Å². The maximum absolute atomic E-state index is 11.9. The molecule has 1 heterocycles. The molecule has 1 aliphatic rings. The first-order chi connectivity index (χ1) is 8.65. The van der Waals surface area contributed by atoms with Crippen molar-refractivity contribution in [1.29, 1.82) is 0 Å². The first-order valence-corrected chi connectivity index (χ1v) is 7.40. The van der Waals surface area contributed by atoms with Crippen LogP contribution in [0, 0.1) is 0 Å². The number of benzene rings is 1. The predicted octanol–water partition coefficient (Wildman–Crippen LogP) is 1.07. The number of halogens is 2. The molecule has 0 bridgehead atoms. The highest BCUT2D eigenvalue weighted by atomic mass is 79.9. The molecule has 6 heteroatoms. The third kappa shape index (κ3) is 4.05. The molecule has 0 aliphatic carbocycles. The van der Waals surface area contributed by atoms with Crippen molar-refractivity contribution in [3.8, 4) is 0 Å². The van der Waals surface area contributed by atoms with Crippen LogP contribution in [0.4, 0.5) is 5.69 Å². The highest BCUT2D eigenvalue weighted by molar-refractivity contribution is 9.11. The number of quaternary nitrogens is 1. The Morgan fingerprint density at radius 2 is 2.06 bits per heavy atom. The first kappa shape index (κ1) is 14.0. The average molecular weight is 379 g/mol. The fourth-order valence-corrected chi connectivity index (χ4v) is 2.56. The summed E-state index contributed by atoms with van der Waals surface area (Å²) < 4.78 is 7.10. The molecular formula is C12H15Br2N2O2+. The van der Waals surface area contributed by atoms with Gasteiger partial charge >= 0.3 is 0 Å². The normalized spacial score (nSPS) is 16.6. The predicted molar refractivity (Wildman–Crippen MR) is 76.9 cm³/mol. The molecule has 98 valence electrons. The number of rotatable bonds is 3. The van der Waals surface area contributed by atoms with Crippen molar-refractivity contribution >= 4 is 43.5 Å². The van der Waals surface area contributed by atoms with Gasteiger partial charge in [0.2, 0.25) is 0 Å². The van der Waals surface area contributed by atoms with Gasteiger partial charge in [-0.05, 0) is 34.1 Å². The lowest BCUT2D eigenvalue weighted by molar-refractivity contribution is -0.899. The second kappa shape index (κ2) is 6.65. The van der Waals surface area contributed by atoms with Crippen LogP contribution >= 0.6 is 31.9 Å². The van der Waals surface area contributed by atoms with Gasteiger partial charge in [0.15, 0.2) is 6.54 Å². The molecular weight excluding hydrogens is 364 g/mol. The van der Waals surface area contributed by atoms with Crippen molar-refractivity contribution in [1.82, 2.24) is 0 Å². The van der Waals surface area contributed by atoms with E-state index in [0.29, 0.717) is 6.54 Å². The second-order valence-electron chi connectivity index (χ2n) is 4.21. The highest BCUT2D eigenvalue weighted by Crippen LogP contribution is 2.25. The van der Waals surface area contributed by atoms with E-state index >= 15 is 0 Å². The molecule has 2 rings (SSSR count). The summed E-state index contributed by atoms with van der Waals surface area (Å²) in [6.07, 6.45) is 0. The summed E-state index contributed by atoms with van der Waals surface area (Å²) >= 11 is 6.81. The largest absolute Gasteiger partial charge is 0.370 e. The quantitative estimate of drug-likeness (QED) is 0.826. The second-order valence-corrected chi connectivity index (χ2v) is 5.98. The van der Waals surface area contributed by atoms with Gasteiger partial charge in [0.05, 0.1) is 18.9 Å². The molecule has 4 nitrogen and oxygen atoms in total. The van der Waals surface area contributed by atoms with Gasteiger partial charge < -0.3 is 15.0 Å². The fraction of sp³-hybridized carbons (Fsp3) is 0.417. The summed E-state index contributed by atoms with van der Waals surface area (Å²) in [7, 11) is 0. The van der Waals surface area contributed by atoms with Crippen LogP contribution in [0.15, 0.2) is 27.1 Å². The highest BCUT2D eigenvalue weighted by Gasteiger charge is 2.18. The van der Waals surface area contributed by atoms with Gasteiger partial charge in [0, 0.05) is 8.95 Å². The summed E-state index contributed by atoms with van der Waals surface area (Å²) in [4.78, 5) is 13.2. The topological polar surface area (TPSA) is 42.8 Å². The molecule has 1 aliphatic heterocycles. The summed E-state index contributed by atoms with van der Waals surface area (Å²) in [5, 5.41) is 2.92. The van der Waals surface area contributed by atoms with Gasteiger partial charge in [-0.1, -0.05) is 15.9 Å². The maximum atomic E-state index is 11.9. The van der Waals surface area contributed by atoms with E-state index < -0.39 is 0 Å². The average Bonchev–Trinajstić information content (AvgIpc) is 2.35. The van der Waals surface area contributed by atoms with E-state index in [2.05, 4.69) is 37.2 Å². The van der Waals surface area contributed by atoms with Crippen molar-refractivity contribution in [3.63, 3.8) is 0 Å². The number of anilines is 1. The molecule has 1 aromatic rings. The summed E-state index contributed by atoms with van der Waals surface area (Å²) in [5.74, 6) is 0.0331. The minimum absolute atomic E-state index is 0.0331. The molecule has 1 amide bonds. The van der Waals surface area contributed by atoms with Gasteiger partial charge in [-0.3, -0.25) is 4.79 Å². The van der Waals surface area contributed by atoms with E-state index in [1.54, 1.807) is 0 Å². The van der Waals surface area contributed by atoms with Gasteiger partial charge in [0.1, 0.15) is 13.1 Å². The van der Waals surface area contributed by atoms with E-state index in [1.165, 1.54) is 4.90 Å². The number of hydrogen-bond donors (Lipinski definition) is 2. The third-order valence-corrected chi connectivity index (χ3v) is 4.00. The molecule has 1 saturated heterocycles. The number of carbonyl (C=O) groups is 1. The zero-order valence-electron chi connectivity index (χ0n) is 9.84. The Balaban J connectivity index is 1.92. The molecule has 2 N–H and O–H groups in total. The van der Waals surface area contributed by atoms with Crippen molar-refractivity contribution in [2.24, 2.45) is 0 Å². The Kier molecular flexibility index (Phi) is 5.17. The van der Waals surface area contributed by atoms with Crippen LogP contribution in [0.1, 0.15) is 0 Å². The van der Waals surface area contributed by atoms with Crippen molar-refractivity contribution in [2.75, 3.05) is 38.2 Å². The number of ether oxygens (including phenoxy) is 1. The number of nitrogens with one attached hydrogen (secondary N) is 2. The van der Waals surface area contributed by atoms with Gasteiger partial charge in [-0.15, -0.1) is 0 Å². The molecule has 0 aromatic heterocycles. The fourth-order valence-electron chi connectivity index (χ4n) is 1.85. The van der Waals surface area contributed by atoms with Gasteiger partial charge in [0.25, 0.3) is 5.91 Å². The van der Waals surface area contributed by atoms with Crippen LogP contribution in [-0.2, 0) is 9.53 Å². The minimum atomic E-state index is 0.0331. The molecule has 18 heavy (non-hydrogen) atoms. The van der Waals surface area contributed by atoms with Crippen LogP contribution < -0.4 is 10.2 Å². The molecule has 0 unspecified atom stereocenters. The van der Waals surface area contributed by atoms with Crippen LogP contribution in [0.25, 0.3) is 0 Å². The molecule has 1 fully saturated rings. The van der Waals surface area contributed by atoms with Crippen LogP contribution in [-0.4, -0.2) is 38.8 Å². The molecule has 0 atom stereocenters. The third-order valence-electron chi connectivity index (χ3n) is 2.81. The SMILES string of the molecule is O=C(C[NH+]1CCOCC1)Nc1cc(Br)ccc1Br. The number of hydrogen-bond acceptors (Lipinski definition) is 2. The first-order valence-electron chi connectivity index (χ1n) is 5.81.